The molecule has 4 nitrogen and oxygen atoms in total. The van der Waals surface area contributed by atoms with Crippen LogP contribution in [0.5, 0.6) is 0 Å². The first-order valence-electron chi connectivity index (χ1n) is 8.41. The zero-order valence-corrected chi connectivity index (χ0v) is 16.2. The number of anilines is 1. The molecule has 134 valence electrons. The van der Waals surface area contributed by atoms with Crippen LogP contribution >= 0.6 is 23.1 Å². The molecule has 0 bridgehead atoms. The molecule has 1 N–H and O–H groups in total. The predicted molar refractivity (Wildman–Crippen MR) is 113 cm³/mol. The summed E-state index contributed by atoms with van der Waals surface area (Å²) in [5, 5.41) is 4.97. The van der Waals surface area contributed by atoms with Gasteiger partial charge >= 0.3 is 0 Å². The lowest BCUT2D eigenvalue weighted by atomic mass is 10.1. The Kier molecular flexibility index (Phi) is 4.92. The Balaban J connectivity index is 1.48. The molecule has 0 spiro atoms. The molecule has 0 radical (unpaired) electrons. The van der Waals surface area contributed by atoms with E-state index in [1.807, 2.05) is 60.7 Å². The summed E-state index contributed by atoms with van der Waals surface area (Å²) in [4.78, 5) is 28.3. The lowest BCUT2D eigenvalue weighted by Gasteiger charge is -2.02. The normalized spacial score (nSPS) is 11.0. The van der Waals surface area contributed by atoms with Crippen molar-refractivity contribution in [2.45, 2.75) is 11.3 Å². The molecule has 6 heteroatoms. The molecule has 3 aromatic carbocycles. The number of nitrogens with zero attached hydrogens (tertiary/aromatic N) is 1. The van der Waals surface area contributed by atoms with Crippen molar-refractivity contribution in [3.8, 4) is 0 Å². The highest BCUT2D eigenvalue weighted by atomic mass is 32.2. The summed E-state index contributed by atoms with van der Waals surface area (Å²) in [6.45, 7) is 1.48. The second kappa shape index (κ2) is 7.50. The van der Waals surface area contributed by atoms with Gasteiger partial charge in [-0.15, -0.1) is 11.3 Å². The standard InChI is InChI=1S/C21H16N2O2S2/c1-13(24)22-17-8-9-18-20(11-17)27-21(23-18)26-12-19(25)16-7-6-14-4-2-3-5-15(14)10-16/h2-11H,12H2,1H3,(H,22,24). The molecule has 0 fully saturated rings. The minimum atomic E-state index is -0.102. The summed E-state index contributed by atoms with van der Waals surface area (Å²) in [6.07, 6.45) is 0. The van der Waals surface area contributed by atoms with E-state index < -0.39 is 0 Å². The maximum atomic E-state index is 12.6. The summed E-state index contributed by atoms with van der Waals surface area (Å²) in [6, 6.07) is 19.4. The third kappa shape index (κ3) is 4.02. The second-order valence-electron chi connectivity index (χ2n) is 6.12. The van der Waals surface area contributed by atoms with Crippen molar-refractivity contribution in [2.75, 3.05) is 11.1 Å². The highest BCUT2D eigenvalue weighted by molar-refractivity contribution is 8.01. The summed E-state index contributed by atoms with van der Waals surface area (Å²) in [7, 11) is 0. The van der Waals surface area contributed by atoms with Gasteiger partial charge in [-0.05, 0) is 35.0 Å². The van der Waals surface area contributed by atoms with Crippen molar-refractivity contribution in [1.82, 2.24) is 4.98 Å². The van der Waals surface area contributed by atoms with Crippen LogP contribution in [0.3, 0.4) is 0 Å². The number of hydrogen-bond donors (Lipinski definition) is 1. The van der Waals surface area contributed by atoms with E-state index in [0.717, 1.165) is 36.6 Å². The minimum absolute atomic E-state index is 0.0870. The Bertz CT molecular complexity index is 1170. The first-order valence-corrected chi connectivity index (χ1v) is 10.2. The molecule has 1 amide bonds. The van der Waals surface area contributed by atoms with Crippen molar-refractivity contribution in [1.29, 1.82) is 0 Å². The fourth-order valence-corrected chi connectivity index (χ4v) is 4.82. The molecule has 1 aromatic heterocycles. The topological polar surface area (TPSA) is 59.1 Å². The molecule has 0 saturated carbocycles. The van der Waals surface area contributed by atoms with Crippen molar-refractivity contribution >= 4 is 61.5 Å². The van der Waals surface area contributed by atoms with Gasteiger partial charge in [0.25, 0.3) is 0 Å². The number of carbonyl (C=O) groups is 2. The zero-order chi connectivity index (χ0) is 18.8. The van der Waals surface area contributed by atoms with Gasteiger partial charge in [0.05, 0.1) is 16.0 Å². The van der Waals surface area contributed by atoms with Crippen LogP contribution in [0.1, 0.15) is 17.3 Å². The number of carbonyl (C=O) groups excluding carboxylic acids is 2. The van der Waals surface area contributed by atoms with E-state index in [9.17, 15) is 9.59 Å². The third-order valence-electron chi connectivity index (χ3n) is 4.09. The van der Waals surface area contributed by atoms with Gasteiger partial charge in [-0.2, -0.15) is 0 Å². The maximum Gasteiger partial charge on any atom is 0.221 e. The Morgan fingerprint density at radius 2 is 1.85 bits per heavy atom. The van der Waals surface area contributed by atoms with E-state index in [-0.39, 0.29) is 11.7 Å². The van der Waals surface area contributed by atoms with E-state index in [2.05, 4.69) is 10.3 Å². The predicted octanol–water partition coefficient (Wildman–Crippen LogP) is 5.38. The van der Waals surface area contributed by atoms with Gasteiger partial charge in [0.1, 0.15) is 0 Å². The Labute approximate surface area is 164 Å². The van der Waals surface area contributed by atoms with Crippen molar-refractivity contribution < 1.29 is 9.59 Å². The molecule has 0 aliphatic heterocycles. The number of Topliss-reactive ketones (excluding diaryl/α,β-unsaturated/α-hetero) is 1. The molecule has 4 rings (SSSR count). The van der Waals surface area contributed by atoms with E-state index in [1.165, 1.54) is 30.0 Å². The van der Waals surface area contributed by atoms with Crippen molar-refractivity contribution in [3.05, 3.63) is 66.2 Å². The molecule has 0 aliphatic rings. The number of fused-ring (bicyclic) bond motifs is 2. The van der Waals surface area contributed by atoms with E-state index in [1.54, 1.807) is 0 Å². The van der Waals surface area contributed by atoms with Gasteiger partial charge < -0.3 is 5.32 Å². The summed E-state index contributed by atoms with van der Waals surface area (Å²) in [5.41, 5.74) is 2.34. The number of rotatable bonds is 5. The summed E-state index contributed by atoms with van der Waals surface area (Å²) >= 11 is 2.97. The van der Waals surface area contributed by atoms with E-state index >= 15 is 0 Å². The highest BCUT2D eigenvalue weighted by Crippen LogP contribution is 2.31. The Morgan fingerprint density at radius 3 is 2.67 bits per heavy atom. The number of hydrogen-bond acceptors (Lipinski definition) is 5. The van der Waals surface area contributed by atoms with Crippen LogP contribution in [-0.2, 0) is 4.79 Å². The lowest BCUT2D eigenvalue weighted by Crippen LogP contribution is -2.05. The average molecular weight is 393 g/mol. The van der Waals surface area contributed by atoms with E-state index in [4.69, 9.17) is 0 Å². The molecule has 1 heterocycles. The van der Waals surface area contributed by atoms with Gasteiger partial charge in [-0.1, -0.05) is 48.2 Å². The van der Waals surface area contributed by atoms with Crippen LogP contribution in [0.25, 0.3) is 21.0 Å². The zero-order valence-electron chi connectivity index (χ0n) is 14.6. The van der Waals surface area contributed by atoms with E-state index in [0.29, 0.717) is 5.75 Å². The Morgan fingerprint density at radius 1 is 1.04 bits per heavy atom. The third-order valence-corrected chi connectivity index (χ3v) is 6.25. The number of nitrogens with one attached hydrogen (secondary N) is 1. The van der Waals surface area contributed by atoms with Gasteiger partial charge in [0.2, 0.25) is 5.91 Å². The van der Waals surface area contributed by atoms with Gasteiger partial charge in [0, 0.05) is 18.2 Å². The largest absolute Gasteiger partial charge is 0.326 e. The molecule has 0 aliphatic carbocycles. The molecular weight excluding hydrogens is 376 g/mol. The van der Waals surface area contributed by atoms with Crippen molar-refractivity contribution in [3.63, 3.8) is 0 Å². The fourth-order valence-electron chi connectivity index (χ4n) is 2.82. The number of thioether (sulfide) groups is 1. The summed E-state index contributed by atoms with van der Waals surface area (Å²) in [5.74, 6) is 0.329. The highest BCUT2D eigenvalue weighted by Gasteiger charge is 2.11. The molecule has 27 heavy (non-hydrogen) atoms. The molecule has 4 aromatic rings. The van der Waals surface area contributed by atoms with Gasteiger partial charge in [-0.25, -0.2) is 4.98 Å². The SMILES string of the molecule is CC(=O)Nc1ccc2nc(SCC(=O)c3ccc4ccccc4c3)sc2c1. The maximum absolute atomic E-state index is 12.6. The van der Waals surface area contributed by atoms with Crippen LogP contribution < -0.4 is 5.32 Å². The van der Waals surface area contributed by atoms with Crippen LogP contribution in [0, 0.1) is 0 Å². The monoisotopic (exact) mass is 392 g/mol. The average Bonchev–Trinajstić information content (AvgIpc) is 3.07. The number of amides is 1. The fraction of sp³-hybridized carbons (Fsp3) is 0.0952. The number of aromatic nitrogens is 1. The molecule has 0 atom stereocenters. The van der Waals surface area contributed by atoms with Crippen LogP contribution in [0.4, 0.5) is 5.69 Å². The van der Waals surface area contributed by atoms with Gasteiger partial charge in [-0.3, -0.25) is 9.59 Å². The number of benzene rings is 3. The smallest absolute Gasteiger partial charge is 0.221 e. The number of thiazole rings is 1. The van der Waals surface area contributed by atoms with Crippen LogP contribution in [0.15, 0.2) is 65.0 Å². The number of ketones is 1. The second-order valence-corrected chi connectivity index (χ2v) is 8.37. The lowest BCUT2D eigenvalue weighted by molar-refractivity contribution is -0.114. The first-order chi connectivity index (χ1) is 13.1. The quantitative estimate of drug-likeness (QED) is 0.366. The molecule has 0 unspecified atom stereocenters. The molecule has 0 saturated heterocycles. The minimum Gasteiger partial charge on any atom is -0.326 e. The Hall–Kier alpha value is -2.70. The summed E-state index contributed by atoms with van der Waals surface area (Å²) < 4.78 is 1.83. The first kappa shape index (κ1) is 17.7. The van der Waals surface area contributed by atoms with Crippen molar-refractivity contribution in [2.24, 2.45) is 0 Å². The molecular formula is C21H16N2O2S2. The van der Waals surface area contributed by atoms with Crippen LogP contribution in [0.2, 0.25) is 0 Å². The van der Waals surface area contributed by atoms with Gasteiger partial charge in [0.15, 0.2) is 10.1 Å². The van der Waals surface area contributed by atoms with Crippen LogP contribution in [-0.4, -0.2) is 22.4 Å².